The summed E-state index contributed by atoms with van der Waals surface area (Å²) in [5.74, 6) is -0.436. The minimum Gasteiger partial charge on any atom is -0.481 e. The fourth-order valence-electron chi connectivity index (χ4n) is 2.95. The smallest absolute Gasteiger partial charge is 0.305 e. The number of carbonyl (C=O) groups is 2. The van der Waals surface area contributed by atoms with Gasteiger partial charge in [0, 0.05) is 18.2 Å². The highest BCUT2D eigenvalue weighted by atomic mass is 16.4. The zero-order chi connectivity index (χ0) is 13.4. The second-order valence-corrected chi connectivity index (χ2v) is 5.41. The van der Waals surface area contributed by atoms with E-state index in [1.54, 1.807) is 4.90 Å². The molecule has 2 aliphatic rings. The Morgan fingerprint density at radius 2 is 2.11 bits per heavy atom. The van der Waals surface area contributed by atoms with Gasteiger partial charge in [-0.3, -0.25) is 9.59 Å². The van der Waals surface area contributed by atoms with Gasteiger partial charge >= 0.3 is 5.97 Å². The Morgan fingerprint density at radius 1 is 1.37 bits per heavy atom. The number of hydrogen-bond acceptors (Lipinski definition) is 2. The third-order valence-corrected chi connectivity index (χ3v) is 4.08. The Balaban J connectivity index is 1.85. The summed E-state index contributed by atoms with van der Waals surface area (Å²) in [6.45, 7) is 0.643. The molecule has 0 radical (unpaired) electrons. The van der Waals surface area contributed by atoms with Crippen LogP contribution < -0.4 is 0 Å². The molecule has 1 saturated carbocycles. The average molecular weight is 259 g/mol. The van der Waals surface area contributed by atoms with Crippen LogP contribution in [-0.2, 0) is 11.2 Å². The second-order valence-electron chi connectivity index (χ2n) is 5.41. The SMILES string of the molecule is O=C(O)CC(C1CC1)N1CCc2ccccc2C1=O. The van der Waals surface area contributed by atoms with E-state index < -0.39 is 5.97 Å². The van der Waals surface area contributed by atoms with Crippen molar-refractivity contribution in [3.05, 3.63) is 35.4 Å². The van der Waals surface area contributed by atoms with Crippen molar-refractivity contribution in [2.75, 3.05) is 6.54 Å². The number of rotatable bonds is 4. The molecule has 1 N–H and O–H groups in total. The molecule has 0 saturated heterocycles. The number of amides is 1. The van der Waals surface area contributed by atoms with Crippen LogP contribution in [0.3, 0.4) is 0 Å². The lowest BCUT2D eigenvalue weighted by molar-refractivity contribution is -0.138. The molecule has 1 aliphatic heterocycles. The summed E-state index contributed by atoms with van der Waals surface area (Å²) < 4.78 is 0. The average Bonchev–Trinajstić information content (AvgIpc) is 3.21. The molecule has 1 amide bonds. The summed E-state index contributed by atoms with van der Waals surface area (Å²) in [5.41, 5.74) is 1.82. The molecule has 4 heteroatoms. The standard InChI is InChI=1S/C15H17NO3/c17-14(18)9-13(11-5-6-11)16-8-7-10-3-1-2-4-12(10)15(16)19/h1-4,11,13H,5-9H2,(H,17,18). The summed E-state index contributed by atoms with van der Waals surface area (Å²) in [5, 5.41) is 9.03. The van der Waals surface area contributed by atoms with E-state index in [4.69, 9.17) is 5.11 Å². The van der Waals surface area contributed by atoms with E-state index in [0.29, 0.717) is 12.5 Å². The van der Waals surface area contributed by atoms with Crippen LogP contribution in [0.2, 0.25) is 0 Å². The third-order valence-electron chi connectivity index (χ3n) is 4.08. The fourth-order valence-corrected chi connectivity index (χ4v) is 2.95. The molecular formula is C15H17NO3. The Kier molecular flexibility index (Phi) is 3.01. The van der Waals surface area contributed by atoms with Crippen molar-refractivity contribution in [2.24, 2.45) is 5.92 Å². The van der Waals surface area contributed by atoms with Crippen LogP contribution in [0.4, 0.5) is 0 Å². The van der Waals surface area contributed by atoms with Crippen molar-refractivity contribution in [2.45, 2.75) is 31.7 Å². The normalized spacial score (nSPS) is 20.0. The topological polar surface area (TPSA) is 57.6 Å². The van der Waals surface area contributed by atoms with E-state index in [2.05, 4.69) is 0 Å². The molecule has 1 atom stereocenters. The van der Waals surface area contributed by atoms with Crippen LogP contribution in [0.15, 0.2) is 24.3 Å². The zero-order valence-corrected chi connectivity index (χ0v) is 10.7. The first-order valence-corrected chi connectivity index (χ1v) is 6.77. The molecule has 1 fully saturated rings. The van der Waals surface area contributed by atoms with Gasteiger partial charge in [0.15, 0.2) is 0 Å². The van der Waals surface area contributed by atoms with Crippen molar-refractivity contribution >= 4 is 11.9 Å². The van der Waals surface area contributed by atoms with Crippen molar-refractivity contribution in [3.63, 3.8) is 0 Å². The first kappa shape index (κ1) is 12.2. The van der Waals surface area contributed by atoms with E-state index >= 15 is 0 Å². The maximum Gasteiger partial charge on any atom is 0.305 e. The monoisotopic (exact) mass is 259 g/mol. The molecule has 1 aliphatic carbocycles. The highest BCUT2D eigenvalue weighted by molar-refractivity contribution is 5.97. The lowest BCUT2D eigenvalue weighted by Gasteiger charge is -2.35. The van der Waals surface area contributed by atoms with Crippen LogP contribution >= 0.6 is 0 Å². The molecular weight excluding hydrogens is 242 g/mol. The van der Waals surface area contributed by atoms with Gasteiger partial charge in [0.1, 0.15) is 0 Å². The molecule has 0 aromatic heterocycles. The number of carboxylic acids is 1. The fraction of sp³-hybridized carbons (Fsp3) is 0.467. The maximum atomic E-state index is 12.5. The van der Waals surface area contributed by atoms with E-state index in [1.165, 1.54) is 0 Å². The number of benzene rings is 1. The highest BCUT2D eigenvalue weighted by Gasteiger charge is 2.40. The van der Waals surface area contributed by atoms with Gasteiger partial charge in [-0.25, -0.2) is 0 Å². The van der Waals surface area contributed by atoms with E-state index in [0.717, 1.165) is 30.4 Å². The predicted molar refractivity (Wildman–Crippen MR) is 69.9 cm³/mol. The van der Waals surface area contributed by atoms with Crippen molar-refractivity contribution in [1.29, 1.82) is 0 Å². The van der Waals surface area contributed by atoms with Crippen LogP contribution in [0.5, 0.6) is 0 Å². The lowest BCUT2D eigenvalue weighted by atomic mass is 9.95. The Morgan fingerprint density at radius 3 is 2.79 bits per heavy atom. The Bertz CT molecular complexity index is 522. The van der Waals surface area contributed by atoms with Gasteiger partial charge in [-0.1, -0.05) is 18.2 Å². The highest BCUT2D eigenvalue weighted by Crippen LogP contribution is 2.38. The van der Waals surface area contributed by atoms with E-state index in [1.807, 2.05) is 24.3 Å². The van der Waals surface area contributed by atoms with Crippen LogP contribution in [-0.4, -0.2) is 34.5 Å². The Labute approximate surface area is 112 Å². The summed E-state index contributed by atoms with van der Waals surface area (Å²) in [4.78, 5) is 25.3. The largest absolute Gasteiger partial charge is 0.481 e. The predicted octanol–water partition coefficient (Wildman–Crippen LogP) is 1.94. The molecule has 1 aromatic carbocycles. The van der Waals surface area contributed by atoms with Gasteiger partial charge < -0.3 is 10.0 Å². The number of nitrogens with zero attached hydrogens (tertiary/aromatic N) is 1. The number of carbonyl (C=O) groups excluding carboxylic acids is 1. The summed E-state index contributed by atoms with van der Waals surface area (Å²) in [7, 11) is 0. The quantitative estimate of drug-likeness (QED) is 0.899. The molecule has 1 unspecified atom stereocenters. The van der Waals surface area contributed by atoms with Gasteiger partial charge in [-0.05, 0) is 36.8 Å². The number of carboxylic acid groups (broad SMARTS) is 1. The minimum absolute atomic E-state index is 0.000000000000000444. The zero-order valence-electron chi connectivity index (χ0n) is 10.7. The van der Waals surface area contributed by atoms with Gasteiger partial charge in [0.25, 0.3) is 5.91 Å². The van der Waals surface area contributed by atoms with Gasteiger partial charge in [0.05, 0.1) is 6.42 Å². The first-order valence-electron chi connectivity index (χ1n) is 6.77. The molecule has 0 bridgehead atoms. The summed E-state index contributed by atoms with van der Waals surface area (Å²) >= 11 is 0. The molecule has 0 spiro atoms. The molecule has 3 rings (SSSR count). The van der Waals surface area contributed by atoms with Crippen LogP contribution in [0.1, 0.15) is 35.2 Å². The van der Waals surface area contributed by atoms with E-state index in [-0.39, 0.29) is 18.4 Å². The third kappa shape index (κ3) is 2.35. The van der Waals surface area contributed by atoms with Crippen molar-refractivity contribution in [1.82, 2.24) is 4.90 Å². The lowest BCUT2D eigenvalue weighted by Crippen LogP contribution is -2.46. The first-order chi connectivity index (χ1) is 9.16. The van der Waals surface area contributed by atoms with Crippen molar-refractivity contribution < 1.29 is 14.7 Å². The van der Waals surface area contributed by atoms with Crippen molar-refractivity contribution in [3.8, 4) is 0 Å². The van der Waals surface area contributed by atoms with Crippen LogP contribution in [0.25, 0.3) is 0 Å². The minimum atomic E-state index is -0.816. The molecule has 4 nitrogen and oxygen atoms in total. The molecule has 19 heavy (non-hydrogen) atoms. The number of fused-ring (bicyclic) bond motifs is 1. The maximum absolute atomic E-state index is 12.5. The van der Waals surface area contributed by atoms with Gasteiger partial charge in [-0.15, -0.1) is 0 Å². The van der Waals surface area contributed by atoms with E-state index in [9.17, 15) is 9.59 Å². The Hall–Kier alpha value is -1.84. The van der Waals surface area contributed by atoms with Gasteiger partial charge in [0.2, 0.25) is 0 Å². The number of hydrogen-bond donors (Lipinski definition) is 1. The molecule has 1 aromatic rings. The van der Waals surface area contributed by atoms with Gasteiger partial charge in [-0.2, -0.15) is 0 Å². The summed E-state index contributed by atoms with van der Waals surface area (Å²) in [6.07, 6.45) is 2.98. The number of aliphatic carboxylic acids is 1. The van der Waals surface area contributed by atoms with Crippen LogP contribution in [0, 0.1) is 5.92 Å². The molecule has 1 heterocycles. The summed E-state index contributed by atoms with van der Waals surface area (Å²) in [6, 6.07) is 7.50. The molecule has 100 valence electrons. The second kappa shape index (κ2) is 4.68.